The number of hydrogen-bond donors (Lipinski definition) is 1. The van der Waals surface area contributed by atoms with Crippen molar-refractivity contribution < 1.29 is 14.4 Å². The fourth-order valence-electron chi connectivity index (χ4n) is 2.90. The molecule has 2 amide bonds. The van der Waals surface area contributed by atoms with Gasteiger partial charge in [-0.3, -0.25) is 14.4 Å². The van der Waals surface area contributed by atoms with Crippen molar-refractivity contribution in [3.8, 4) is 0 Å². The number of rotatable bonds is 7. The van der Waals surface area contributed by atoms with Crippen LogP contribution in [0.15, 0.2) is 66.0 Å². The Kier molecular flexibility index (Phi) is 6.79. The average molecular weight is 421 g/mol. The Bertz CT molecular complexity index is 1040. The van der Waals surface area contributed by atoms with Gasteiger partial charge >= 0.3 is 0 Å². The minimum atomic E-state index is -0.310. The van der Waals surface area contributed by atoms with Gasteiger partial charge in [-0.25, -0.2) is 0 Å². The van der Waals surface area contributed by atoms with Crippen molar-refractivity contribution in [1.82, 2.24) is 10.2 Å². The highest BCUT2D eigenvalue weighted by atomic mass is 32.1. The summed E-state index contributed by atoms with van der Waals surface area (Å²) >= 11 is 1.35. The zero-order chi connectivity index (χ0) is 21.7. The fraction of sp³-hybridized carbons (Fsp3) is 0.208. The molecule has 1 N–H and O–H groups in total. The highest BCUT2D eigenvalue weighted by molar-refractivity contribution is 7.12. The maximum atomic E-state index is 12.7. The van der Waals surface area contributed by atoms with Gasteiger partial charge in [-0.15, -0.1) is 11.3 Å². The monoisotopic (exact) mass is 420 g/mol. The number of amides is 2. The zero-order valence-corrected chi connectivity index (χ0v) is 18.0. The first kappa shape index (κ1) is 21.5. The Balaban J connectivity index is 1.68. The van der Waals surface area contributed by atoms with Gasteiger partial charge in [0.1, 0.15) is 0 Å². The Morgan fingerprint density at radius 3 is 2.20 bits per heavy atom. The molecule has 0 saturated heterocycles. The van der Waals surface area contributed by atoms with Gasteiger partial charge in [-0.05, 0) is 49.1 Å². The van der Waals surface area contributed by atoms with Crippen LogP contribution in [-0.4, -0.2) is 35.6 Å². The summed E-state index contributed by atoms with van der Waals surface area (Å²) in [4.78, 5) is 40.1. The molecule has 0 aliphatic carbocycles. The number of thiophene rings is 1. The molecule has 0 bridgehead atoms. The van der Waals surface area contributed by atoms with Gasteiger partial charge in [0.2, 0.25) is 5.78 Å². The number of ketones is 1. The summed E-state index contributed by atoms with van der Waals surface area (Å²) in [6.07, 6.45) is 0. The van der Waals surface area contributed by atoms with E-state index < -0.39 is 0 Å². The molecule has 0 aliphatic rings. The lowest BCUT2D eigenvalue weighted by Crippen LogP contribution is -2.32. The first-order chi connectivity index (χ1) is 14.4. The van der Waals surface area contributed by atoms with Gasteiger partial charge < -0.3 is 10.2 Å². The molecule has 2 aromatic carbocycles. The third kappa shape index (κ3) is 4.83. The predicted molar refractivity (Wildman–Crippen MR) is 119 cm³/mol. The molecular formula is C24H24N2O3S. The fourth-order valence-corrected chi connectivity index (χ4v) is 3.58. The van der Waals surface area contributed by atoms with Crippen molar-refractivity contribution in [2.45, 2.75) is 26.4 Å². The van der Waals surface area contributed by atoms with Crippen LogP contribution in [0, 0.1) is 0 Å². The average Bonchev–Trinajstić information content (AvgIpc) is 3.31. The number of carbonyl (C=O) groups is 3. The largest absolute Gasteiger partial charge is 0.348 e. The molecule has 3 rings (SSSR count). The summed E-state index contributed by atoms with van der Waals surface area (Å²) in [7, 11) is 1.77. The maximum absolute atomic E-state index is 12.7. The van der Waals surface area contributed by atoms with Crippen molar-refractivity contribution >= 4 is 28.9 Å². The van der Waals surface area contributed by atoms with Gasteiger partial charge in [0.25, 0.3) is 11.8 Å². The van der Waals surface area contributed by atoms with Crippen molar-refractivity contribution in [1.29, 1.82) is 0 Å². The molecule has 1 heterocycles. The number of carbonyl (C=O) groups excluding carboxylic acids is 3. The summed E-state index contributed by atoms with van der Waals surface area (Å²) in [5.74, 6) is -0.510. The SMILES string of the molecule is CC(C)N(C)C(=O)c1ccc(CNC(=O)c2ccccc2C(=O)c2cccs2)cc1. The molecule has 0 saturated carbocycles. The molecule has 0 fully saturated rings. The van der Waals surface area contributed by atoms with Crippen LogP contribution in [0.5, 0.6) is 0 Å². The van der Waals surface area contributed by atoms with E-state index in [0.29, 0.717) is 28.1 Å². The quantitative estimate of drug-likeness (QED) is 0.577. The van der Waals surface area contributed by atoms with Crippen LogP contribution in [-0.2, 0) is 6.54 Å². The molecule has 154 valence electrons. The maximum Gasteiger partial charge on any atom is 0.253 e. The van der Waals surface area contributed by atoms with Gasteiger partial charge in [0.15, 0.2) is 0 Å². The number of hydrogen-bond acceptors (Lipinski definition) is 4. The topological polar surface area (TPSA) is 66.5 Å². The van der Waals surface area contributed by atoms with E-state index >= 15 is 0 Å². The van der Waals surface area contributed by atoms with Crippen LogP contribution in [0.25, 0.3) is 0 Å². The summed E-state index contributed by atoms with van der Waals surface area (Å²) in [5, 5.41) is 4.70. The molecule has 0 radical (unpaired) electrons. The van der Waals surface area contributed by atoms with Crippen LogP contribution in [0.3, 0.4) is 0 Å². The van der Waals surface area contributed by atoms with Crippen molar-refractivity contribution in [2.24, 2.45) is 0 Å². The first-order valence-corrected chi connectivity index (χ1v) is 10.6. The normalized spacial score (nSPS) is 10.7. The molecule has 3 aromatic rings. The standard InChI is InChI=1S/C24H24N2O3S/c1-16(2)26(3)24(29)18-12-10-17(11-13-18)15-25-23(28)20-8-5-4-7-19(20)22(27)21-9-6-14-30-21/h4-14,16H,15H2,1-3H3,(H,25,28). The Morgan fingerprint density at radius 1 is 0.933 bits per heavy atom. The van der Waals surface area contributed by atoms with E-state index in [-0.39, 0.29) is 23.6 Å². The molecule has 0 aliphatic heterocycles. The molecule has 5 nitrogen and oxygen atoms in total. The van der Waals surface area contributed by atoms with Crippen LogP contribution in [0.1, 0.15) is 55.4 Å². The van der Waals surface area contributed by atoms with E-state index in [9.17, 15) is 14.4 Å². The third-order valence-electron chi connectivity index (χ3n) is 4.91. The number of nitrogens with one attached hydrogen (secondary N) is 1. The molecule has 30 heavy (non-hydrogen) atoms. The Morgan fingerprint density at radius 2 is 1.60 bits per heavy atom. The second kappa shape index (κ2) is 9.50. The molecule has 0 atom stereocenters. The zero-order valence-electron chi connectivity index (χ0n) is 17.2. The van der Waals surface area contributed by atoms with E-state index in [0.717, 1.165) is 5.56 Å². The van der Waals surface area contributed by atoms with Crippen molar-refractivity contribution in [3.05, 3.63) is 93.2 Å². The summed E-state index contributed by atoms with van der Waals surface area (Å²) < 4.78 is 0. The van der Waals surface area contributed by atoms with Gasteiger partial charge in [0.05, 0.1) is 10.4 Å². The minimum absolute atomic E-state index is 0.0402. The number of benzene rings is 2. The first-order valence-electron chi connectivity index (χ1n) is 9.70. The van der Waals surface area contributed by atoms with E-state index in [1.165, 1.54) is 11.3 Å². The van der Waals surface area contributed by atoms with Crippen LogP contribution >= 0.6 is 11.3 Å². The summed E-state index contributed by atoms with van der Waals surface area (Å²) in [6, 6.07) is 17.7. The van der Waals surface area contributed by atoms with Gasteiger partial charge in [-0.1, -0.05) is 36.4 Å². The van der Waals surface area contributed by atoms with Gasteiger partial charge in [0, 0.05) is 30.8 Å². The lowest BCUT2D eigenvalue weighted by Gasteiger charge is -2.21. The van der Waals surface area contributed by atoms with Crippen LogP contribution < -0.4 is 5.32 Å². The molecule has 0 unspecified atom stereocenters. The van der Waals surface area contributed by atoms with E-state index in [1.807, 2.05) is 37.4 Å². The Hall–Kier alpha value is -3.25. The molecule has 1 aromatic heterocycles. The van der Waals surface area contributed by atoms with Crippen LogP contribution in [0.4, 0.5) is 0 Å². The molecule has 0 spiro atoms. The second-order valence-corrected chi connectivity index (χ2v) is 8.19. The number of nitrogens with zero attached hydrogens (tertiary/aromatic N) is 1. The van der Waals surface area contributed by atoms with Crippen molar-refractivity contribution in [3.63, 3.8) is 0 Å². The molecule has 6 heteroatoms. The second-order valence-electron chi connectivity index (χ2n) is 7.24. The summed E-state index contributed by atoms with van der Waals surface area (Å²) in [5.41, 5.74) is 2.21. The molecular weight excluding hydrogens is 396 g/mol. The van der Waals surface area contributed by atoms with E-state index in [2.05, 4.69) is 5.32 Å². The van der Waals surface area contributed by atoms with Crippen LogP contribution in [0.2, 0.25) is 0 Å². The third-order valence-corrected chi connectivity index (χ3v) is 5.78. The van der Waals surface area contributed by atoms with Gasteiger partial charge in [-0.2, -0.15) is 0 Å². The highest BCUT2D eigenvalue weighted by Gasteiger charge is 2.19. The predicted octanol–water partition coefficient (Wildman–Crippen LogP) is 4.39. The lowest BCUT2D eigenvalue weighted by atomic mass is 10.0. The highest BCUT2D eigenvalue weighted by Crippen LogP contribution is 2.18. The van der Waals surface area contributed by atoms with E-state index in [4.69, 9.17) is 0 Å². The smallest absolute Gasteiger partial charge is 0.253 e. The minimum Gasteiger partial charge on any atom is -0.348 e. The van der Waals surface area contributed by atoms with E-state index in [1.54, 1.807) is 54.4 Å². The summed E-state index contributed by atoms with van der Waals surface area (Å²) in [6.45, 7) is 4.22. The lowest BCUT2D eigenvalue weighted by molar-refractivity contribution is 0.0754. The van der Waals surface area contributed by atoms with Crippen molar-refractivity contribution in [2.75, 3.05) is 7.05 Å². The Labute approximate surface area is 180 Å².